The number of para-hydroxylation sites is 4. The molecule has 0 spiro atoms. The number of fused-ring (bicyclic) bond motifs is 6. The third-order valence-electron chi connectivity index (χ3n) is 9.32. The highest BCUT2D eigenvalue weighted by Gasteiger charge is 2.13. The minimum Gasteiger partial charge on any atom is -0.309 e. The van der Waals surface area contributed by atoms with Crippen molar-refractivity contribution in [2.24, 2.45) is 0 Å². The van der Waals surface area contributed by atoms with Gasteiger partial charge >= 0.3 is 0 Å². The summed E-state index contributed by atoms with van der Waals surface area (Å²) in [5.41, 5.74) is 9.80. The predicted octanol–water partition coefficient (Wildman–Crippen LogP) is 17.4. The molecule has 0 aliphatic rings. The lowest BCUT2D eigenvalue weighted by Gasteiger charge is -2.08. The Morgan fingerprint density at radius 2 is 0.614 bits per heavy atom. The van der Waals surface area contributed by atoms with Crippen molar-refractivity contribution in [1.29, 1.82) is 0 Å². The fraction of sp³-hybridized carbons (Fsp3) is 0.0400. The van der Waals surface area contributed by atoms with Gasteiger partial charge in [-0.15, -0.1) is 0 Å². The SMILES string of the molecule is Brc1ccc(-c2ccc3c(c2)c2ccccc2n3-c2ccccc2)cc1.Brc1ccc(Br)cc1.Brc1ccc2c(c1)c1ccccc1n2-c1ccccc1.C.C.F. The Kier molecular flexibility index (Phi) is 14.9. The van der Waals surface area contributed by atoms with E-state index in [1.807, 2.05) is 30.3 Å². The van der Waals surface area contributed by atoms with Crippen LogP contribution in [0.2, 0.25) is 0 Å². The molecule has 2 heterocycles. The standard InChI is InChI=1S/C24H16BrN.C18H12BrN.C6H4Br2.2CH4.FH/c25-19-13-10-17(11-14-19)18-12-15-24-22(16-18)21-8-4-5-9-23(21)26(24)20-6-2-1-3-7-20;19-13-10-11-18-16(12-13)15-8-4-5-9-17(15)20(18)14-6-2-1-3-7-14;7-5-1-2-6(8)4-3-5;;;/h1-16H;1-12H;1-4H;2*1H4;1H. The number of hydrogen-bond donors (Lipinski definition) is 0. The van der Waals surface area contributed by atoms with Gasteiger partial charge in [0.25, 0.3) is 0 Å². The zero-order valence-electron chi connectivity index (χ0n) is 29.3. The summed E-state index contributed by atoms with van der Waals surface area (Å²) in [6.45, 7) is 0. The van der Waals surface area contributed by atoms with Gasteiger partial charge < -0.3 is 9.13 Å². The first-order valence-corrected chi connectivity index (χ1v) is 20.6. The lowest BCUT2D eigenvalue weighted by atomic mass is 10.0. The van der Waals surface area contributed by atoms with Crippen molar-refractivity contribution in [2.75, 3.05) is 0 Å². The van der Waals surface area contributed by atoms with Gasteiger partial charge in [0.1, 0.15) is 0 Å². The van der Waals surface area contributed by atoms with E-state index in [4.69, 9.17) is 0 Å². The first kappa shape index (κ1) is 43.3. The number of hydrogen-bond acceptors (Lipinski definition) is 0. The van der Waals surface area contributed by atoms with Crippen molar-refractivity contribution in [3.63, 3.8) is 0 Å². The molecule has 57 heavy (non-hydrogen) atoms. The molecule has 0 bridgehead atoms. The van der Waals surface area contributed by atoms with Crippen molar-refractivity contribution >= 4 is 107 Å². The van der Waals surface area contributed by atoms with E-state index in [1.165, 1.54) is 66.1 Å². The van der Waals surface area contributed by atoms with Crippen LogP contribution >= 0.6 is 63.7 Å². The van der Waals surface area contributed by atoms with Crippen LogP contribution in [0.1, 0.15) is 14.9 Å². The van der Waals surface area contributed by atoms with E-state index in [0.29, 0.717) is 0 Å². The molecule has 10 rings (SSSR count). The van der Waals surface area contributed by atoms with Crippen molar-refractivity contribution in [1.82, 2.24) is 9.13 Å². The van der Waals surface area contributed by atoms with Gasteiger partial charge in [-0.3, -0.25) is 4.70 Å². The van der Waals surface area contributed by atoms with E-state index < -0.39 is 0 Å². The lowest BCUT2D eigenvalue weighted by Crippen LogP contribution is -1.92. The molecule has 2 aromatic heterocycles. The number of benzene rings is 8. The van der Waals surface area contributed by atoms with Crippen molar-refractivity contribution in [3.8, 4) is 22.5 Å². The molecular formula is C50H41Br4FN2. The topological polar surface area (TPSA) is 9.86 Å². The highest BCUT2D eigenvalue weighted by atomic mass is 79.9. The largest absolute Gasteiger partial charge is 0.309 e. The molecular weight excluding hydrogens is 967 g/mol. The van der Waals surface area contributed by atoms with Crippen LogP contribution in [0.4, 0.5) is 4.70 Å². The molecule has 286 valence electrons. The van der Waals surface area contributed by atoms with E-state index in [-0.39, 0.29) is 19.6 Å². The zero-order valence-corrected chi connectivity index (χ0v) is 35.6. The minimum atomic E-state index is 0. The molecule has 0 amide bonds. The molecule has 0 aliphatic heterocycles. The zero-order chi connectivity index (χ0) is 37.0. The predicted molar refractivity (Wildman–Crippen MR) is 260 cm³/mol. The van der Waals surface area contributed by atoms with Crippen molar-refractivity contribution in [2.45, 2.75) is 14.9 Å². The number of nitrogens with zero attached hydrogens (tertiary/aromatic N) is 2. The van der Waals surface area contributed by atoms with E-state index >= 15 is 0 Å². The van der Waals surface area contributed by atoms with Gasteiger partial charge in [-0.2, -0.15) is 0 Å². The van der Waals surface area contributed by atoms with Gasteiger partial charge in [0.2, 0.25) is 0 Å². The minimum absolute atomic E-state index is 0. The Balaban J connectivity index is 0.000000178. The number of rotatable bonds is 3. The maximum Gasteiger partial charge on any atom is 0.0541 e. The van der Waals surface area contributed by atoms with Crippen molar-refractivity contribution in [3.05, 3.63) is 212 Å². The molecule has 0 unspecified atom stereocenters. The molecule has 0 N–H and O–H groups in total. The van der Waals surface area contributed by atoms with Gasteiger partial charge in [0, 0.05) is 50.8 Å². The molecule has 7 heteroatoms. The Bertz CT molecular complexity index is 2830. The molecule has 0 atom stereocenters. The van der Waals surface area contributed by atoms with E-state index in [9.17, 15) is 0 Å². The Labute approximate surface area is 367 Å². The first-order valence-electron chi connectivity index (χ1n) is 17.4. The van der Waals surface area contributed by atoms with Gasteiger partial charge in [0.15, 0.2) is 0 Å². The van der Waals surface area contributed by atoms with E-state index in [2.05, 4.69) is 237 Å². The van der Waals surface area contributed by atoms with Crippen LogP contribution in [0.3, 0.4) is 0 Å². The third-order valence-corrected chi connectivity index (χ3v) is 11.4. The number of halogens is 5. The normalized spacial score (nSPS) is 10.4. The summed E-state index contributed by atoms with van der Waals surface area (Å²) >= 11 is 13.7. The summed E-state index contributed by atoms with van der Waals surface area (Å²) in [4.78, 5) is 0. The van der Waals surface area contributed by atoms with Crippen LogP contribution in [-0.2, 0) is 0 Å². The molecule has 0 radical (unpaired) electrons. The molecule has 0 saturated carbocycles. The summed E-state index contributed by atoms with van der Waals surface area (Å²) in [6, 6.07) is 67.9. The summed E-state index contributed by atoms with van der Waals surface area (Å²) in [5, 5.41) is 5.13. The van der Waals surface area contributed by atoms with Gasteiger partial charge in [-0.05, 0) is 114 Å². The second-order valence-electron chi connectivity index (χ2n) is 12.7. The maximum atomic E-state index is 3.57. The quantitative estimate of drug-likeness (QED) is 0.167. The van der Waals surface area contributed by atoms with Crippen LogP contribution in [-0.4, -0.2) is 9.13 Å². The third kappa shape index (κ3) is 9.34. The van der Waals surface area contributed by atoms with Crippen LogP contribution in [0.15, 0.2) is 212 Å². The maximum absolute atomic E-state index is 3.57. The van der Waals surface area contributed by atoms with Crippen LogP contribution in [0.5, 0.6) is 0 Å². The molecule has 10 aromatic rings. The van der Waals surface area contributed by atoms with Gasteiger partial charge in [0.05, 0.1) is 22.1 Å². The van der Waals surface area contributed by atoms with E-state index in [0.717, 1.165) is 17.9 Å². The van der Waals surface area contributed by atoms with Gasteiger partial charge in [-0.1, -0.05) is 170 Å². The van der Waals surface area contributed by atoms with Gasteiger partial charge in [-0.25, -0.2) is 0 Å². The fourth-order valence-corrected chi connectivity index (χ4v) is 8.03. The number of aromatic nitrogens is 2. The Hall–Kier alpha value is -4.79. The van der Waals surface area contributed by atoms with Crippen LogP contribution in [0, 0.1) is 0 Å². The monoisotopic (exact) mass is 1000 g/mol. The summed E-state index contributed by atoms with van der Waals surface area (Å²) in [7, 11) is 0. The summed E-state index contributed by atoms with van der Waals surface area (Å²) in [5.74, 6) is 0. The molecule has 0 fully saturated rings. The second-order valence-corrected chi connectivity index (χ2v) is 16.4. The molecule has 2 nitrogen and oxygen atoms in total. The average Bonchev–Trinajstić information content (AvgIpc) is 3.73. The smallest absolute Gasteiger partial charge is 0.0541 e. The fourth-order valence-electron chi connectivity index (χ4n) is 6.88. The van der Waals surface area contributed by atoms with Crippen LogP contribution < -0.4 is 0 Å². The second kappa shape index (κ2) is 19.6. The average molecular weight is 1010 g/mol. The first-order chi connectivity index (χ1) is 26.4. The highest BCUT2D eigenvalue weighted by Crippen LogP contribution is 2.36. The van der Waals surface area contributed by atoms with Crippen LogP contribution in [0.25, 0.3) is 66.1 Å². The summed E-state index contributed by atoms with van der Waals surface area (Å²) in [6.07, 6.45) is 0. The van der Waals surface area contributed by atoms with Crippen molar-refractivity contribution < 1.29 is 4.70 Å². The molecule has 8 aromatic carbocycles. The Morgan fingerprint density at radius 3 is 1.09 bits per heavy atom. The highest BCUT2D eigenvalue weighted by molar-refractivity contribution is 9.11. The van der Waals surface area contributed by atoms with E-state index in [1.54, 1.807) is 0 Å². The summed E-state index contributed by atoms with van der Waals surface area (Å²) < 4.78 is 9.10. The molecule has 0 saturated heterocycles. The molecule has 0 aliphatic carbocycles. The Morgan fingerprint density at radius 1 is 0.281 bits per heavy atom. The lowest BCUT2D eigenvalue weighted by molar-refractivity contribution is 1.11.